The molecule has 0 unspecified atom stereocenters. The van der Waals surface area contributed by atoms with Crippen LogP contribution in [0.1, 0.15) is 22.8 Å². The van der Waals surface area contributed by atoms with E-state index < -0.39 is 21.9 Å². The van der Waals surface area contributed by atoms with Crippen LogP contribution in [-0.4, -0.2) is 39.7 Å². The monoisotopic (exact) mass is 390 g/mol. The number of carbonyl (C=O) groups excluding carboxylic acids is 2. The standard InChI is InChI=1S/C19H22N2O5S/c1-3-26-19(23)16-9-11-17(12-10-16)21(27(2,24)25)14-18(22)20-13-15-7-5-4-6-8-15/h4-12H,3,13-14H2,1-2H3,(H,20,22). The van der Waals surface area contributed by atoms with Crippen LogP contribution in [0.3, 0.4) is 0 Å². The van der Waals surface area contributed by atoms with Gasteiger partial charge in [0.15, 0.2) is 0 Å². The first kappa shape index (κ1) is 20.4. The van der Waals surface area contributed by atoms with Crippen molar-refractivity contribution in [2.75, 3.05) is 23.7 Å². The number of carbonyl (C=O) groups is 2. The number of hydrogen-bond acceptors (Lipinski definition) is 5. The molecule has 27 heavy (non-hydrogen) atoms. The van der Waals surface area contributed by atoms with Crippen LogP contribution in [0.15, 0.2) is 54.6 Å². The Bertz CT molecular complexity index is 880. The minimum absolute atomic E-state index is 0.248. The van der Waals surface area contributed by atoms with E-state index in [0.29, 0.717) is 17.8 Å². The molecule has 0 aliphatic carbocycles. The largest absolute Gasteiger partial charge is 0.462 e. The van der Waals surface area contributed by atoms with Gasteiger partial charge in [-0.1, -0.05) is 30.3 Å². The van der Waals surface area contributed by atoms with Crippen LogP contribution < -0.4 is 9.62 Å². The third kappa shape index (κ3) is 6.10. The molecule has 0 aromatic heterocycles. The summed E-state index contributed by atoms with van der Waals surface area (Å²) >= 11 is 0. The summed E-state index contributed by atoms with van der Waals surface area (Å²) in [5.74, 6) is -0.922. The second kappa shape index (κ2) is 9.18. The minimum Gasteiger partial charge on any atom is -0.462 e. The zero-order valence-corrected chi connectivity index (χ0v) is 16.0. The summed E-state index contributed by atoms with van der Waals surface area (Å²) in [6.45, 7) is 1.90. The highest BCUT2D eigenvalue weighted by Crippen LogP contribution is 2.18. The first-order chi connectivity index (χ1) is 12.8. The number of ether oxygens (including phenoxy) is 1. The quantitative estimate of drug-likeness (QED) is 0.696. The van der Waals surface area contributed by atoms with Gasteiger partial charge in [0.05, 0.1) is 24.1 Å². The summed E-state index contributed by atoms with van der Waals surface area (Å²) < 4.78 is 30.1. The Morgan fingerprint density at radius 3 is 2.22 bits per heavy atom. The second-order valence-corrected chi connectivity index (χ2v) is 7.71. The van der Waals surface area contributed by atoms with Crippen LogP contribution in [-0.2, 0) is 26.1 Å². The van der Waals surface area contributed by atoms with E-state index in [1.54, 1.807) is 6.92 Å². The van der Waals surface area contributed by atoms with E-state index in [1.807, 2.05) is 30.3 Å². The van der Waals surface area contributed by atoms with Crippen LogP contribution in [0.4, 0.5) is 5.69 Å². The molecule has 1 amide bonds. The molecule has 0 spiro atoms. The van der Waals surface area contributed by atoms with Crippen LogP contribution in [0, 0.1) is 0 Å². The van der Waals surface area contributed by atoms with Gasteiger partial charge in [0.2, 0.25) is 15.9 Å². The molecule has 0 bridgehead atoms. The lowest BCUT2D eigenvalue weighted by Crippen LogP contribution is -2.40. The fraction of sp³-hybridized carbons (Fsp3) is 0.263. The van der Waals surface area contributed by atoms with Crippen LogP contribution in [0.5, 0.6) is 0 Å². The Balaban J connectivity index is 2.09. The van der Waals surface area contributed by atoms with E-state index in [9.17, 15) is 18.0 Å². The molecule has 8 heteroatoms. The summed E-state index contributed by atoms with van der Waals surface area (Å²) in [6, 6.07) is 15.2. The molecule has 0 aliphatic rings. The zero-order valence-electron chi connectivity index (χ0n) is 15.2. The van der Waals surface area contributed by atoms with Gasteiger partial charge in [-0.2, -0.15) is 0 Å². The second-order valence-electron chi connectivity index (χ2n) is 5.80. The van der Waals surface area contributed by atoms with Gasteiger partial charge in [0.1, 0.15) is 6.54 Å². The Morgan fingerprint density at radius 1 is 1.04 bits per heavy atom. The van der Waals surface area contributed by atoms with E-state index in [-0.39, 0.29) is 13.2 Å². The molecule has 144 valence electrons. The number of rotatable bonds is 8. The smallest absolute Gasteiger partial charge is 0.338 e. The van der Waals surface area contributed by atoms with Gasteiger partial charge in [-0.25, -0.2) is 13.2 Å². The van der Waals surface area contributed by atoms with Crippen molar-refractivity contribution in [1.29, 1.82) is 0 Å². The van der Waals surface area contributed by atoms with Crippen LogP contribution in [0.25, 0.3) is 0 Å². The molecular formula is C19H22N2O5S. The molecule has 2 aromatic carbocycles. The number of nitrogens with one attached hydrogen (secondary N) is 1. The van der Waals surface area contributed by atoms with Crippen LogP contribution in [0.2, 0.25) is 0 Å². The van der Waals surface area contributed by atoms with Crippen molar-refractivity contribution in [2.45, 2.75) is 13.5 Å². The average Bonchev–Trinajstić information content (AvgIpc) is 2.65. The fourth-order valence-corrected chi connectivity index (χ4v) is 3.22. The van der Waals surface area contributed by atoms with E-state index in [0.717, 1.165) is 16.1 Å². The summed E-state index contributed by atoms with van der Waals surface area (Å²) in [5.41, 5.74) is 1.51. The van der Waals surface area contributed by atoms with Gasteiger partial charge in [-0.05, 0) is 36.8 Å². The lowest BCUT2D eigenvalue weighted by atomic mass is 10.2. The maximum atomic E-state index is 12.2. The molecule has 1 N–H and O–H groups in total. The highest BCUT2D eigenvalue weighted by Gasteiger charge is 2.21. The fourth-order valence-electron chi connectivity index (χ4n) is 2.36. The number of benzene rings is 2. The number of nitrogens with zero attached hydrogens (tertiary/aromatic N) is 1. The Kier molecular flexibility index (Phi) is 6.95. The molecule has 0 saturated heterocycles. The summed E-state index contributed by atoms with van der Waals surface area (Å²) in [4.78, 5) is 23.9. The average molecular weight is 390 g/mol. The molecule has 7 nitrogen and oxygen atoms in total. The van der Waals surface area contributed by atoms with Gasteiger partial charge in [-0.15, -0.1) is 0 Å². The molecular weight excluding hydrogens is 368 g/mol. The lowest BCUT2D eigenvalue weighted by Gasteiger charge is -2.22. The molecule has 0 heterocycles. The molecule has 2 aromatic rings. The number of amides is 1. The van der Waals surface area contributed by atoms with Gasteiger partial charge >= 0.3 is 5.97 Å². The van der Waals surface area contributed by atoms with Gasteiger partial charge in [0, 0.05) is 6.54 Å². The normalized spacial score (nSPS) is 10.9. The van der Waals surface area contributed by atoms with Crippen molar-refractivity contribution >= 4 is 27.6 Å². The van der Waals surface area contributed by atoms with Gasteiger partial charge < -0.3 is 10.1 Å². The minimum atomic E-state index is -3.68. The number of esters is 1. The predicted molar refractivity (Wildman–Crippen MR) is 103 cm³/mol. The van der Waals surface area contributed by atoms with E-state index >= 15 is 0 Å². The summed E-state index contributed by atoms with van der Waals surface area (Å²) in [6.07, 6.45) is 1.02. The highest BCUT2D eigenvalue weighted by molar-refractivity contribution is 7.92. The van der Waals surface area contributed by atoms with Crippen molar-refractivity contribution in [1.82, 2.24) is 5.32 Å². The van der Waals surface area contributed by atoms with E-state index in [4.69, 9.17) is 4.74 Å². The predicted octanol–water partition coefficient (Wildman–Crippen LogP) is 1.95. The van der Waals surface area contributed by atoms with Crippen LogP contribution >= 0.6 is 0 Å². The van der Waals surface area contributed by atoms with Crippen molar-refractivity contribution < 1.29 is 22.7 Å². The molecule has 0 atom stereocenters. The maximum Gasteiger partial charge on any atom is 0.338 e. The summed E-state index contributed by atoms with van der Waals surface area (Å²) in [5, 5.41) is 2.70. The van der Waals surface area contributed by atoms with Crippen molar-refractivity contribution in [3.05, 3.63) is 65.7 Å². The van der Waals surface area contributed by atoms with Crippen molar-refractivity contribution in [3.8, 4) is 0 Å². The molecule has 2 rings (SSSR count). The number of hydrogen-bond donors (Lipinski definition) is 1. The van der Waals surface area contributed by atoms with E-state index in [1.165, 1.54) is 24.3 Å². The lowest BCUT2D eigenvalue weighted by molar-refractivity contribution is -0.119. The third-order valence-corrected chi connectivity index (χ3v) is 4.83. The molecule has 0 aliphatic heterocycles. The maximum absolute atomic E-state index is 12.2. The van der Waals surface area contributed by atoms with Crippen molar-refractivity contribution in [3.63, 3.8) is 0 Å². The number of sulfonamides is 1. The number of anilines is 1. The SMILES string of the molecule is CCOC(=O)c1ccc(N(CC(=O)NCc2ccccc2)S(C)(=O)=O)cc1. The molecule has 0 radical (unpaired) electrons. The third-order valence-electron chi connectivity index (χ3n) is 3.69. The van der Waals surface area contributed by atoms with Gasteiger partial charge in [-0.3, -0.25) is 9.10 Å². The van der Waals surface area contributed by atoms with Crippen molar-refractivity contribution in [2.24, 2.45) is 0 Å². The Labute approximate surface area is 159 Å². The molecule has 0 saturated carbocycles. The Morgan fingerprint density at radius 2 is 1.67 bits per heavy atom. The first-order valence-corrected chi connectivity index (χ1v) is 10.2. The topological polar surface area (TPSA) is 92.8 Å². The summed E-state index contributed by atoms with van der Waals surface area (Å²) in [7, 11) is -3.68. The highest BCUT2D eigenvalue weighted by atomic mass is 32.2. The molecule has 0 fully saturated rings. The van der Waals surface area contributed by atoms with Gasteiger partial charge in [0.25, 0.3) is 0 Å². The Hall–Kier alpha value is -2.87. The zero-order chi connectivity index (χ0) is 19.9. The van der Waals surface area contributed by atoms with E-state index in [2.05, 4.69) is 5.32 Å². The first-order valence-electron chi connectivity index (χ1n) is 8.36.